The van der Waals surface area contributed by atoms with E-state index in [1.54, 1.807) is 30.3 Å². The topological polar surface area (TPSA) is 81.4 Å². The summed E-state index contributed by atoms with van der Waals surface area (Å²) in [7, 11) is -2.31. The van der Waals surface area contributed by atoms with Gasteiger partial charge in [0.15, 0.2) is 0 Å². The highest BCUT2D eigenvalue weighted by Gasteiger charge is 2.18. The molecule has 0 spiro atoms. The highest BCUT2D eigenvalue weighted by atomic mass is 79.9. The second-order valence-corrected chi connectivity index (χ2v) is 6.74. The Kier molecular flexibility index (Phi) is 4.32. The third-order valence-corrected chi connectivity index (χ3v) is 4.53. The molecule has 2 aromatic carbocycles. The molecule has 0 atom stereocenters. The second-order valence-electron chi connectivity index (χ2n) is 3.97. The van der Waals surface area contributed by atoms with Gasteiger partial charge in [-0.1, -0.05) is 15.9 Å². The fourth-order valence-electron chi connectivity index (χ4n) is 1.56. The Labute approximate surface area is 125 Å². The van der Waals surface area contributed by atoms with Crippen molar-refractivity contribution in [2.75, 3.05) is 12.8 Å². The first-order chi connectivity index (χ1) is 9.42. The Hall–Kier alpha value is -1.57. The molecule has 5 nitrogen and oxygen atoms in total. The number of benzene rings is 2. The first-order valence-corrected chi connectivity index (χ1v) is 7.96. The number of nitrogens with two attached hydrogens (primary N) is 1. The van der Waals surface area contributed by atoms with Crippen LogP contribution in [0.4, 0.5) is 5.69 Å². The van der Waals surface area contributed by atoms with Crippen molar-refractivity contribution in [3.63, 3.8) is 0 Å². The molecule has 20 heavy (non-hydrogen) atoms. The van der Waals surface area contributed by atoms with Crippen molar-refractivity contribution in [1.29, 1.82) is 0 Å². The molecule has 0 radical (unpaired) electrons. The van der Waals surface area contributed by atoms with Gasteiger partial charge in [0.25, 0.3) is 0 Å². The second kappa shape index (κ2) is 5.82. The van der Waals surface area contributed by atoms with E-state index in [9.17, 15) is 8.42 Å². The Morgan fingerprint density at radius 1 is 1.15 bits per heavy atom. The lowest BCUT2D eigenvalue weighted by molar-refractivity contribution is 0.467. The molecule has 2 aromatic rings. The Morgan fingerprint density at radius 3 is 2.40 bits per heavy atom. The van der Waals surface area contributed by atoms with Gasteiger partial charge >= 0.3 is 0 Å². The van der Waals surface area contributed by atoms with Gasteiger partial charge < -0.3 is 10.5 Å². The summed E-state index contributed by atoms with van der Waals surface area (Å²) in [5.41, 5.74) is 5.99. The predicted molar refractivity (Wildman–Crippen MR) is 81.3 cm³/mol. The Morgan fingerprint density at radius 2 is 1.80 bits per heavy atom. The average Bonchev–Trinajstić information content (AvgIpc) is 2.43. The van der Waals surface area contributed by atoms with E-state index in [1.807, 2.05) is 0 Å². The van der Waals surface area contributed by atoms with Crippen LogP contribution in [0.25, 0.3) is 0 Å². The fraction of sp³-hybridized carbons (Fsp3) is 0.0769. The molecule has 0 unspecified atom stereocenters. The largest absolute Gasteiger partial charge is 0.456 e. The van der Waals surface area contributed by atoms with E-state index in [0.29, 0.717) is 11.4 Å². The molecule has 0 fully saturated rings. The van der Waals surface area contributed by atoms with Gasteiger partial charge in [-0.25, -0.2) is 13.1 Å². The monoisotopic (exact) mass is 356 g/mol. The number of nitrogens with one attached hydrogen (secondary N) is 1. The van der Waals surface area contributed by atoms with Gasteiger partial charge in [0.2, 0.25) is 10.0 Å². The van der Waals surface area contributed by atoms with Crippen molar-refractivity contribution in [2.45, 2.75) is 4.90 Å². The van der Waals surface area contributed by atoms with Crippen molar-refractivity contribution in [2.24, 2.45) is 0 Å². The molecule has 106 valence electrons. The van der Waals surface area contributed by atoms with E-state index in [0.717, 1.165) is 4.47 Å². The molecule has 0 aliphatic rings. The maximum absolute atomic E-state index is 12.0. The van der Waals surface area contributed by atoms with Gasteiger partial charge in [-0.3, -0.25) is 0 Å². The summed E-state index contributed by atoms with van der Waals surface area (Å²) in [6.07, 6.45) is 0. The van der Waals surface area contributed by atoms with Crippen LogP contribution in [-0.4, -0.2) is 15.5 Å². The van der Waals surface area contributed by atoms with Crippen LogP contribution in [0.2, 0.25) is 0 Å². The molecule has 0 amide bonds. The van der Waals surface area contributed by atoms with Crippen molar-refractivity contribution < 1.29 is 13.2 Å². The van der Waals surface area contributed by atoms with Crippen LogP contribution in [0.1, 0.15) is 0 Å². The number of rotatable bonds is 4. The molecule has 2 rings (SSSR count). The zero-order chi connectivity index (χ0) is 14.8. The third kappa shape index (κ3) is 3.30. The fourth-order valence-corrected chi connectivity index (χ4v) is 2.71. The van der Waals surface area contributed by atoms with E-state index < -0.39 is 10.0 Å². The summed E-state index contributed by atoms with van der Waals surface area (Å²) in [4.78, 5) is 0.00270. The molecule has 0 saturated carbocycles. The highest BCUT2D eigenvalue weighted by molar-refractivity contribution is 9.10. The molecule has 0 heterocycles. The van der Waals surface area contributed by atoms with E-state index in [-0.39, 0.29) is 10.6 Å². The quantitative estimate of drug-likeness (QED) is 0.825. The van der Waals surface area contributed by atoms with E-state index in [2.05, 4.69) is 20.7 Å². The Bertz CT molecular complexity index is 715. The zero-order valence-corrected chi connectivity index (χ0v) is 13.0. The van der Waals surface area contributed by atoms with E-state index >= 15 is 0 Å². The molecule has 0 aliphatic heterocycles. The van der Waals surface area contributed by atoms with E-state index in [1.165, 1.54) is 19.2 Å². The van der Waals surface area contributed by atoms with Gasteiger partial charge in [-0.15, -0.1) is 0 Å². The molecule has 0 aromatic heterocycles. The van der Waals surface area contributed by atoms with Crippen molar-refractivity contribution in [3.05, 3.63) is 46.9 Å². The lowest BCUT2D eigenvalue weighted by Crippen LogP contribution is -2.19. The average molecular weight is 357 g/mol. The SMILES string of the molecule is CNS(=O)(=O)c1cc(N)ccc1Oc1ccc(Br)cc1. The van der Waals surface area contributed by atoms with Crippen LogP contribution < -0.4 is 15.2 Å². The summed E-state index contributed by atoms with van der Waals surface area (Å²) in [5, 5.41) is 0. The number of nitrogen functional groups attached to an aromatic ring is 1. The molecule has 7 heteroatoms. The summed E-state index contributed by atoms with van der Waals surface area (Å²) in [6, 6.07) is 11.6. The van der Waals surface area contributed by atoms with E-state index in [4.69, 9.17) is 10.5 Å². The number of hydrogen-bond acceptors (Lipinski definition) is 4. The molecule has 0 bridgehead atoms. The minimum atomic E-state index is -3.64. The zero-order valence-electron chi connectivity index (χ0n) is 10.6. The van der Waals surface area contributed by atoms with Crippen molar-refractivity contribution in [1.82, 2.24) is 4.72 Å². The summed E-state index contributed by atoms with van der Waals surface area (Å²) in [5.74, 6) is 0.751. The van der Waals surface area contributed by atoms with Crippen LogP contribution in [-0.2, 0) is 10.0 Å². The van der Waals surface area contributed by atoms with Crippen LogP contribution in [0.5, 0.6) is 11.5 Å². The normalized spacial score (nSPS) is 11.3. The summed E-state index contributed by atoms with van der Waals surface area (Å²) in [6.45, 7) is 0. The lowest BCUT2D eigenvalue weighted by atomic mass is 10.3. The van der Waals surface area contributed by atoms with Crippen LogP contribution in [0, 0.1) is 0 Å². The lowest BCUT2D eigenvalue weighted by Gasteiger charge is -2.12. The summed E-state index contributed by atoms with van der Waals surface area (Å²) >= 11 is 3.32. The minimum Gasteiger partial charge on any atom is -0.456 e. The number of hydrogen-bond donors (Lipinski definition) is 2. The van der Waals surface area contributed by atoms with Gasteiger partial charge in [0, 0.05) is 10.2 Å². The standard InChI is InChI=1S/C13H13BrN2O3S/c1-16-20(17,18)13-8-10(15)4-7-12(13)19-11-5-2-9(14)3-6-11/h2-8,16H,15H2,1H3. The predicted octanol–water partition coefficient (Wildman–Crippen LogP) is 2.73. The maximum Gasteiger partial charge on any atom is 0.244 e. The number of ether oxygens (including phenoxy) is 1. The van der Waals surface area contributed by atoms with Gasteiger partial charge in [0.1, 0.15) is 16.4 Å². The van der Waals surface area contributed by atoms with Crippen LogP contribution in [0.3, 0.4) is 0 Å². The van der Waals surface area contributed by atoms with Gasteiger partial charge in [-0.2, -0.15) is 0 Å². The molecular weight excluding hydrogens is 344 g/mol. The molecular formula is C13H13BrN2O3S. The van der Waals surface area contributed by atoms with Crippen molar-refractivity contribution in [3.8, 4) is 11.5 Å². The number of sulfonamides is 1. The van der Waals surface area contributed by atoms with Crippen LogP contribution >= 0.6 is 15.9 Å². The first-order valence-electron chi connectivity index (χ1n) is 5.69. The molecule has 0 saturated heterocycles. The van der Waals surface area contributed by atoms with Gasteiger partial charge in [-0.05, 0) is 49.5 Å². The molecule has 0 aliphatic carbocycles. The summed E-state index contributed by atoms with van der Waals surface area (Å²) < 4.78 is 32.7. The van der Waals surface area contributed by atoms with Crippen molar-refractivity contribution >= 4 is 31.6 Å². The minimum absolute atomic E-state index is 0.00270. The number of halogens is 1. The number of anilines is 1. The van der Waals surface area contributed by atoms with Crippen LogP contribution in [0.15, 0.2) is 51.8 Å². The highest BCUT2D eigenvalue weighted by Crippen LogP contribution is 2.30. The maximum atomic E-state index is 12.0. The van der Waals surface area contributed by atoms with Gasteiger partial charge in [0.05, 0.1) is 0 Å². The Balaban J connectivity index is 2.44. The molecule has 3 N–H and O–H groups in total. The third-order valence-electron chi connectivity index (χ3n) is 2.57. The smallest absolute Gasteiger partial charge is 0.244 e. The first kappa shape index (κ1) is 14.8.